The third kappa shape index (κ3) is 7.17. The molecule has 0 radical (unpaired) electrons. The Morgan fingerprint density at radius 2 is 1.15 bits per heavy atom. The van der Waals surface area contributed by atoms with Crippen LogP contribution in [-0.2, 0) is 9.84 Å². The second-order valence-corrected chi connectivity index (χ2v) is 18.8. The SMILES string of the molecule is Nc1nc(N2CCC3(CC2)C(N)CCS3(=O)=O)cnc1-c1cccc(Cl)c1Cl.Nc1nc(N2CCC3(CCCC3N)CC2)cnc1-c1cccc(Cl)c1Cl. The fourth-order valence-corrected chi connectivity index (χ4v) is 11.8. The van der Waals surface area contributed by atoms with Crippen LogP contribution in [0.15, 0.2) is 48.8 Å². The van der Waals surface area contributed by atoms with Gasteiger partial charge >= 0.3 is 0 Å². The number of hydrogen-bond acceptors (Lipinski definition) is 12. The summed E-state index contributed by atoms with van der Waals surface area (Å²) in [6.45, 7) is 2.97. The molecule has 54 heavy (non-hydrogen) atoms. The number of rotatable bonds is 4. The van der Waals surface area contributed by atoms with E-state index >= 15 is 0 Å². The Hall–Kier alpha value is -3.17. The Labute approximate surface area is 335 Å². The van der Waals surface area contributed by atoms with Gasteiger partial charge in [0.05, 0.1) is 43.0 Å². The highest BCUT2D eigenvalue weighted by atomic mass is 35.5. The van der Waals surface area contributed by atoms with Crippen molar-refractivity contribution in [1.82, 2.24) is 19.9 Å². The summed E-state index contributed by atoms with van der Waals surface area (Å²) >= 11 is 24.7. The lowest BCUT2D eigenvalue weighted by Crippen LogP contribution is -2.55. The largest absolute Gasteiger partial charge is 0.382 e. The Balaban J connectivity index is 0.000000167. The molecule has 1 aliphatic carbocycles. The van der Waals surface area contributed by atoms with Crippen molar-refractivity contribution in [3.05, 3.63) is 68.9 Å². The van der Waals surface area contributed by atoms with Gasteiger partial charge in [0.25, 0.3) is 0 Å². The first-order valence-corrected chi connectivity index (χ1v) is 21.3. The predicted octanol–water partition coefficient (Wildman–Crippen LogP) is 6.65. The summed E-state index contributed by atoms with van der Waals surface area (Å²) in [5, 5.41) is 1.71. The standard InChI is InChI=1S/C19H23Cl2N5.C18H21Cl2N5O2S/c20-13-4-1-3-12(16(13)21)17-18(23)25-15(11-24-17)26-9-7-19(8-10-26)6-2-5-14(19)22;19-12-3-1-2-11(15(12)20)16-17(22)24-14(10-23-16)25-7-5-18(6-8-25)13(21)4-9-28(18,26)27/h1,3-4,11,14H,2,5-10,22H2,(H2,23,25);1-3,10,13H,4-9,21H2,(H2,22,24). The summed E-state index contributed by atoms with van der Waals surface area (Å²) in [7, 11) is -3.16. The first kappa shape index (κ1) is 39.1. The van der Waals surface area contributed by atoms with Gasteiger partial charge < -0.3 is 32.7 Å². The van der Waals surface area contributed by atoms with Crippen LogP contribution in [0.1, 0.15) is 51.4 Å². The number of nitrogen functional groups attached to an aromatic ring is 2. The normalized spacial score (nSPS) is 22.7. The lowest BCUT2D eigenvalue weighted by Gasteiger charge is -2.42. The van der Waals surface area contributed by atoms with Crippen LogP contribution in [-0.4, -0.2) is 77.1 Å². The van der Waals surface area contributed by atoms with Gasteiger partial charge in [-0.05, 0) is 62.5 Å². The fourth-order valence-electron chi connectivity index (χ4n) is 8.62. The molecule has 5 heterocycles. The molecule has 2 aromatic heterocycles. The van der Waals surface area contributed by atoms with Gasteiger partial charge in [-0.2, -0.15) is 0 Å². The van der Waals surface area contributed by atoms with Crippen molar-refractivity contribution in [2.24, 2.45) is 16.9 Å². The van der Waals surface area contributed by atoms with Crippen molar-refractivity contribution >= 4 is 79.5 Å². The molecule has 2 aromatic carbocycles. The number of piperidine rings is 2. The van der Waals surface area contributed by atoms with E-state index in [1.807, 2.05) is 17.0 Å². The summed E-state index contributed by atoms with van der Waals surface area (Å²) in [5.74, 6) is 2.21. The van der Waals surface area contributed by atoms with E-state index in [0.717, 1.165) is 38.2 Å². The van der Waals surface area contributed by atoms with E-state index in [1.54, 1.807) is 36.7 Å². The van der Waals surface area contributed by atoms with Gasteiger partial charge in [0, 0.05) is 49.4 Å². The summed E-state index contributed by atoms with van der Waals surface area (Å²) in [5.41, 5.74) is 27.5. The number of nitrogens with zero attached hydrogens (tertiary/aromatic N) is 6. The second kappa shape index (κ2) is 15.4. The third-order valence-electron chi connectivity index (χ3n) is 12.0. The molecule has 0 amide bonds. The molecule has 4 aromatic rings. The molecule has 2 unspecified atom stereocenters. The molecule has 8 rings (SSSR count). The molecule has 4 aliphatic rings. The van der Waals surface area contributed by atoms with E-state index < -0.39 is 14.6 Å². The van der Waals surface area contributed by atoms with Gasteiger partial charge in [-0.15, -0.1) is 0 Å². The van der Waals surface area contributed by atoms with Gasteiger partial charge in [-0.3, -0.25) is 0 Å². The van der Waals surface area contributed by atoms with E-state index in [2.05, 4.69) is 24.8 Å². The van der Waals surface area contributed by atoms with Gasteiger partial charge in [0.15, 0.2) is 21.5 Å². The Kier molecular flexibility index (Phi) is 11.1. The van der Waals surface area contributed by atoms with Crippen LogP contribution in [0.5, 0.6) is 0 Å². The molecule has 2 atom stereocenters. The van der Waals surface area contributed by atoms with Crippen LogP contribution in [0.2, 0.25) is 20.1 Å². The average Bonchev–Trinajstić information content (AvgIpc) is 3.62. The molecule has 288 valence electrons. The zero-order valence-corrected chi connectivity index (χ0v) is 33.5. The first-order valence-electron chi connectivity index (χ1n) is 18.1. The molecule has 0 bridgehead atoms. The Bertz CT molecular complexity index is 2140. The minimum Gasteiger partial charge on any atom is -0.382 e. The number of benzene rings is 2. The Morgan fingerprint density at radius 3 is 1.56 bits per heavy atom. The minimum absolute atomic E-state index is 0.177. The van der Waals surface area contributed by atoms with Crippen LogP contribution >= 0.6 is 46.4 Å². The molecule has 8 N–H and O–H groups in total. The quantitative estimate of drug-likeness (QED) is 0.171. The zero-order chi connectivity index (χ0) is 38.4. The number of anilines is 4. The van der Waals surface area contributed by atoms with Crippen molar-refractivity contribution in [2.75, 3.05) is 53.2 Å². The Morgan fingerprint density at radius 1 is 0.667 bits per heavy atom. The molecule has 2 spiro atoms. The smallest absolute Gasteiger partial charge is 0.157 e. The zero-order valence-electron chi connectivity index (χ0n) is 29.7. The van der Waals surface area contributed by atoms with E-state index in [9.17, 15) is 8.42 Å². The topological polar surface area (TPSA) is 196 Å². The predicted molar refractivity (Wildman–Crippen MR) is 220 cm³/mol. The van der Waals surface area contributed by atoms with Crippen LogP contribution < -0.4 is 32.7 Å². The maximum atomic E-state index is 12.5. The lowest BCUT2D eigenvalue weighted by molar-refractivity contribution is 0.197. The third-order valence-corrected chi connectivity index (χ3v) is 16.3. The molecular formula is C37H44Cl4N10O2S. The lowest BCUT2D eigenvalue weighted by atomic mass is 9.74. The molecular weight excluding hydrogens is 790 g/mol. The highest BCUT2D eigenvalue weighted by molar-refractivity contribution is 7.93. The van der Waals surface area contributed by atoms with Crippen LogP contribution in [0.25, 0.3) is 22.5 Å². The molecule has 4 fully saturated rings. The summed E-state index contributed by atoms with van der Waals surface area (Å²) in [6.07, 6.45) is 10.8. The minimum atomic E-state index is -3.16. The van der Waals surface area contributed by atoms with Crippen molar-refractivity contribution in [3.8, 4) is 22.5 Å². The fraction of sp³-hybridized carbons (Fsp3) is 0.459. The number of aromatic nitrogens is 4. The molecule has 17 heteroatoms. The summed E-state index contributed by atoms with van der Waals surface area (Å²) in [4.78, 5) is 22.3. The van der Waals surface area contributed by atoms with E-state index in [-0.39, 0.29) is 17.6 Å². The van der Waals surface area contributed by atoms with E-state index in [1.165, 1.54) is 12.8 Å². The summed E-state index contributed by atoms with van der Waals surface area (Å²) < 4.78 is 24.3. The highest BCUT2D eigenvalue weighted by Crippen LogP contribution is 2.46. The highest BCUT2D eigenvalue weighted by Gasteiger charge is 2.54. The molecule has 3 saturated heterocycles. The van der Waals surface area contributed by atoms with E-state index in [0.29, 0.717) is 98.0 Å². The maximum absolute atomic E-state index is 12.5. The molecule has 1 saturated carbocycles. The van der Waals surface area contributed by atoms with Gasteiger partial charge in [-0.25, -0.2) is 28.4 Å². The van der Waals surface area contributed by atoms with Crippen molar-refractivity contribution in [2.45, 2.75) is 68.2 Å². The van der Waals surface area contributed by atoms with Crippen LogP contribution in [0, 0.1) is 5.41 Å². The van der Waals surface area contributed by atoms with Crippen LogP contribution in [0.4, 0.5) is 23.3 Å². The van der Waals surface area contributed by atoms with E-state index in [4.69, 9.17) is 69.3 Å². The monoisotopic (exact) mass is 832 g/mol. The van der Waals surface area contributed by atoms with Gasteiger partial charge in [0.2, 0.25) is 0 Å². The first-order chi connectivity index (χ1) is 25.7. The van der Waals surface area contributed by atoms with Gasteiger partial charge in [-0.1, -0.05) is 77.1 Å². The molecule has 3 aliphatic heterocycles. The number of nitrogens with two attached hydrogens (primary N) is 4. The van der Waals surface area contributed by atoms with Crippen molar-refractivity contribution in [1.29, 1.82) is 0 Å². The number of sulfone groups is 1. The van der Waals surface area contributed by atoms with Gasteiger partial charge in [0.1, 0.15) is 23.0 Å². The number of halogens is 4. The summed E-state index contributed by atoms with van der Waals surface area (Å²) in [6, 6.07) is 10.7. The maximum Gasteiger partial charge on any atom is 0.157 e. The number of hydrogen-bond donors (Lipinski definition) is 4. The second-order valence-electron chi connectivity index (χ2n) is 14.7. The van der Waals surface area contributed by atoms with Crippen molar-refractivity contribution in [3.63, 3.8) is 0 Å². The average molecular weight is 835 g/mol. The molecule has 12 nitrogen and oxygen atoms in total. The van der Waals surface area contributed by atoms with Crippen LogP contribution in [0.3, 0.4) is 0 Å². The van der Waals surface area contributed by atoms with Crippen molar-refractivity contribution < 1.29 is 8.42 Å².